The van der Waals surface area contributed by atoms with Crippen LogP contribution in [0.2, 0.25) is 0 Å². The molecule has 0 atom stereocenters. The molecule has 0 saturated heterocycles. The van der Waals surface area contributed by atoms with E-state index in [4.69, 9.17) is 0 Å². The smallest absolute Gasteiger partial charge is 0.152 e. The van der Waals surface area contributed by atoms with Crippen molar-refractivity contribution in [3.8, 4) is 0 Å². The lowest BCUT2D eigenvalue weighted by Gasteiger charge is -2.18. The van der Waals surface area contributed by atoms with Crippen LogP contribution in [0.15, 0.2) is 6.20 Å². The summed E-state index contributed by atoms with van der Waals surface area (Å²) in [6, 6.07) is 0. The summed E-state index contributed by atoms with van der Waals surface area (Å²) in [4.78, 5) is 16.0. The molecule has 0 unspecified atom stereocenters. The zero-order valence-electron chi connectivity index (χ0n) is 8.91. The average Bonchev–Trinajstić information content (AvgIpc) is 2.83. The van der Waals surface area contributed by atoms with E-state index in [0.717, 1.165) is 6.42 Å². The molecule has 1 saturated carbocycles. The number of fused-ring (bicyclic) bond motifs is 1. The molecule has 3 rings (SSSR count). The van der Waals surface area contributed by atoms with E-state index in [1.165, 1.54) is 37.2 Å². The lowest BCUT2D eigenvalue weighted by molar-refractivity contribution is -0.120. The van der Waals surface area contributed by atoms with Crippen molar-refractivity contribution in [1.29, 1.82) is 0 Å². The third-order valence-corrected chi connectivity index (χ3v) is 3.68. The number of aryl methyl sites for hydroxylation is 1. The summed E-state index contributed by atoms with van der Waals surface area (Å²) in [6.07, 6.45) is 8.71. The van der Waals surface area contributed by atoms with E-state index in [2.05, 4.69) is 9.55 Å². The molecule has 0 radical (unpaired) electrons. The van der Waals surface area contributed by atoms with E-state index in [9.17, 15) is 4.79 Å². The fourth-order valence-electron chi connectivity index (χ4n) is 2.84. The number of rotatable bonds is 1. The van der Waals surface area contributed by atoms with Gasteiger partial charge in [0, 0.05) is 24.2 Å². The Morgan fingerprint density at radius 1 is 1.27 bits per heavy atom. The van der Waals surface area contributed by atoms with Gasteiger partial charge in [-0.1, -0.05) is 12.8 Å². The topological polar surface area (TPSA) is 34.9 Å². The number of nitrogens with zero attached hydrogens (tertiary/aromatic N) is 2. The van der Waals surface area contributed by atoms with Gasteiger partial charge in [0.15, 0.2) is 5.78 Å². The number of hydrogen-bond donors (Lipinski definition) is 0. The van der Waals surface area contributed by atoms with Crippen LogP contribution in [0.5, 0.6) is 0 Å². The molecule has 2 heterocycles. The second-order valence-corrected chi connectivity index (χ2v) is 4.71. The van der Waals surface area contributed by atoms with Crippen LogP contribution >= 0.6 is 0 Å². The minimum absolute atomic E-state index is 0.361. The van der Waals surface area contributed by atoms with Crippen LogP contribution in [0, 0.1) is 0 Å². The van der Waals surface area contributed by atoms with Crippen molar-refractivity contribution in [2.75, 3.05) is 0 Å². The molecule has 1 aliphatic carbocycles. The quantitative estimate of drug-likeness (QED) is 0.701. The first kappa shape index (κ1) is 9.13. The zero-order chi connectivity index (χ0) is 10.3. The Kier molecular flexibility index (Phi) is 2.11. The first-order valence-corrected chi connectivity index (χ1v) is 5.90. The highest BCUT2D eigenvalue weighted by molar-refractivity contribution is 5.79. The molecule has 1 fully saturated rings. The van der Waals surface area contributed by atoms with Crippen LogP contribution < -0.4 is 0 Å². The van der Waals surface area contributed by atoms with Gasteiger partial charge in [-0.2, -0.15) is 0 Å². The molecule has 0 spiro atoms. The number of carbonyl (C=O) groups excluding carboxylic acids is 1. The van der Waals surface area contributed by atoms with Gasteiger partial charge in [0.05, 0.1) is 6.54 Å². The summed E-state index contributed by atoms with van der Waals surface area (Å²) in [5.74, 6) is 2.15. The molecule has 0 N–H and O–H groups in total. The van der Waals surface area contributed by atoms with Crippen molar-refractivity contribution in [2.24, 2.45) is 0 Å². The molecule has 0 aromatic carbocycles. The van der Waals surface area contributed by atoms with Gasteiger partial charge in [-0.3, -0.25) is 4.79 Å². The molecule has 0 bridgehead atoms. The monoisotopic (exact) mass is 204 g/mol. The van der Waals surface area contributed by atoms with E-state index in [0.29, 0.717) is 24.7 Å². The van der Waals surface area contributed by atoms with Gasteiger partial charge in [0.25, 0.3) is 0 Å². The number of Topliss-reactive ketones (excluding diaryl/α,β-unsaturated/α-hetero) is 1. The molecule has 3 heteroatoms. The maximum Gasteiger partial charge on any atom is 0.152 e. The predicted octanol–water partition coefficient (Wildman–Crippen LogP) is 2.06. The Hall–Kier alpha value is -1.12. The summed E-state index contributed by atoms with van der Waals surface area (Å²) < 4.78 is 2.17. The minimum Gasteiger partial charge on any atom is -0.324 e. The molecule has 1 aliphatic heterocycles. The van der Waals surface area contributed by atoms with Crippen molar-refractivity contribution in [3.63, 3.8) is 0 Å². The first-order valence-electron chi connectivity index (χ1n) is 5.90. The maximum absolute atomic E-state index is 11.4. The van der Waals surface area contributed by atoms with E-state index in [1.54, 1.807) is 0 Å². The number of imidazole rings is 1. The van der Waals surface area contributed by atoms with Gasteiger partial charge in [-0.15, -0.1) is 0 Å². The lowest BCUT2D eigenvalue weighted by Crippen LogP contribution is -2.21. The molecule has 1 aromatic rings. The fourth-order valence-corrected chi connectivity index (χ4v) is 2.84. The van der Waals surface area contributed by atoms with Gasteiger partial charge in [-0.05, 0) is 19.3 Å². The summed E-state index contributed by atoms with van der Waals surface area (Å²) in [5.41, 5.74) is 1.26. The van der Waals surface area contributed by atoms with Crippen LogP contribution in [0.25, 0.3) is 0 Å². The number of ketones is 1. The standard InChI is InChI=1S/C12H16N2O/c15-11-6-5-10-7-13-12(14(10)8-11)9-3-1-2-4-9/h7,9H,1-6,8H2. The van der Waals surface area contributed by atoms with Gasteiger partial charge < -0.3 is 4.57 Å². The lowest BCUT2D eigenvalue weighted by atomic mass is 10.1. The molecule has 2 aliphatic rings. The van der Waals surface area contributed by atoms with Crippen LogP contribution in [0.4, 0.5) is 0 Å². The maximum atomic E-state index is 11.4. The number of hydrogen-bond acceptors (Lipinski definition) is 2. The normalized spacial score (nSPS) is 22.0. The summed E-state index contributed by atoms with van der Waals surface area (Å²) in [7, 11) is 0. The summed E-state index contributed by atoms with van der Waals surface area (Å²) in [5, 5.41) is 0. The van der Waals surface area contributed by atoms with E-state index in [1.807, 2.05) is 6.20 Å². The highest BCUT2D eigenvalue weighted by atomic mass is 16.1. The van der Waals surface area contributed by atoms with E-state index >= 15 is 0 Å². The largest absolute Gasteiger partial charge is 0.324 e. The van der Waals surface area contributed by atoms with Crippen molar-refractivity contribution >= 4 is 5.78 Å². The molecule has 0 amide bonds. The third-order valence-electron chi connectivity index (χ3n) is 3.68. The third kappa shape index (κ3) is 1.50. The van der Waals surface area contributed by atoms with Crippen molar-refractivity contribution in [1.82, 2.24) is 9.55 Å². The average molecular weight is 204 g/mol. The zero-order valence-corrected chi connectivity index (χ0v) is 8.91. The Labute approximate surface area is 89.5 Å². The SMILES string of the molecule is O=C1CCc2cnc(C3CCCC3)n2C1. The van der Waals surface area contributed by atoms with Crippen molar-refractivity contribution in [3.05, 3.63) is 17.7 Å². The fraction of sp³-hybridized carbons (Fsp3) is 0.667. The minimum atomic E-state index is 0.361. The second kappa shape index (κ2) is 3.47. The predicted molar refractivity (Wildman–Crippen MR) is 56.8 cm³/mol. The summed E-state index contributed by atoms with van der Waals surface area (Å²) in [6.45, 7) is 0.571. The Balaban J connectivity index is 1.95. The number of carbonyl (C=O) groups is 1. The number of aromatic nitrogens is 2. The highest BCUT2D eigenvalue weighted by Crippen LogP contribution is 2.34. The van der Waals surface area contributed by atoms with Gasteiger partial charge >= 0.3 is 0 Å². The highest BCUT2D eigenvalue weighted by Gasteiger charge is 2.26. The molecule has 3 nitrogen and oxygen atoms in total. The Morgan fingerprint density at radius 2 is 2.07 bits per heavy atom. The van der Waals surface area contributed by atoms with E-state index < -0.39 is 0 Å². The molecule has 80 valence electrons. The molecular formula is C12H16N2O. The molecule has 15 heavy (non-hydrogen) atoms. The Morgan fingerprint density at radius 3 is 2.87 bits per heavy atom. The van der Waals surface area contributed by atoms with Crippen LogP contribution in [0.3, 0.4) is 0 Å². The first-order chi connectivity index (χ1) is 7.34. The Bertz CT molecular complexity index is 388. The van der Waals surface area contributed by atoms with Gasteiger partial charge in [0.2, 0.25) is 0 Å². The van der Waals surface area contributed by atoms with Gasteiger partial charge in [-0.25, -0.2) is 4.98 Å². The van der Waals surface area contributed by atoms with E-state index in [-0.39, 0.29) is 0 Å². The molecular weight excluding hydrogens is 188 g/mol. The van der Waals surface area contributed by atoms with Crippen molar-refractivity contribution in [2.45, 2.75) is 51.0 Å². The van der Waals surface area contributed by atoms with Gasteiger partial charge in [0.1, 0.15) is 5.82 Å². The second-order valence-electron chi connectivity index (χ2n) is 4.71. The van der Waals surface area contributed by atoms with Crippen molar-refractivity contribution < 1.29 is 4.79 Å². The van der Waals surface area contributed by atoms with Crippen LogP contribution in [-0.4, -0.2) is 15.3 Å². The summed E-state index contributed by atoms with van der Waals surface area (Å²) >= 11 is 0. The molecule has 1 aromatic heterocycles. The van der Waals surface area contributed by atoms with Crippen LogP contribution in [0.1, 0.15) is 49.5 Å². The van der Waals surface area contributed by atoms with Crippen LogP contribution in [-0.2, 0) is 17.8 Å².